The zero-order chi connectivity index (χ0) is 25.6. The molecule has 35 heavy (non-hydrogen) atoms. The molecule has 1 saturated heterocycles. The summed E-state index contributed by atoms with van der Waals surface area (Å²) >= 11 is 0. The Bertz CT molecular complexity index is 982. The van der Waals surface area contributed by atoms with Crippen LogP contribution in [0.25, 0.3) is 0 Å². The molecule has 1 aromatic carbocycles. The van der Waals surface area contributed by atoms with Gasteiger partial charge in [0.2, 0.25) is 0 Å². The SMILES string of the molecule is CC(C)(C)OC(=O)NC1(C#Cc2ccc(CCC#CC3(O)CCCCC3)cc2)COC(C)(C)OC1. The van der Waals surface area contributed by atoms with Gasteiger partial charge in [-0.1, -0.05) is 42.2 Å². The topological polar surface area (TPSA) is 77.0 Å². The van der Waals surface area contributed by atoms with Crippen LogP contribution in [0, 0.1) is 23.7 Å². The van der Waals surface area contributed by atoms with E-state index in [0.717, 1.165) is 43.2 Å². The Balaban J connectivity index is 1.63. The standard InChI is InChI=1S/C29H39NO5/c1-26(2,3)35-25(31)30-28(21-33-27(4,5)34-22-28)20-16-24-14-12-23(13-15-24)11-7-10-19-29(32)17-8-6-9-18-29/h12-15,32H,6-9,11,17-18,21-22H2,1-5H3,(H,30,31). The molecule has 1 heterocycles. The summed E-state index contributed by atoms with van der Waals surface area (Å²) in [6, 6.07) is 7.98. The van der Waals surface area contributed by atoms with Crippen molar-refractivity contribution >= 4 is 6.09 Å². The number of aryl methyl sites for hydroxylation is 1. The highest BCUT2D eigenvalue weighted by Crippen LogP contribution is 2.27. The number of nitrogens with one attached hydrogen (secondary N) is 1. The second-order valence-corrected chi connectivity index (χ2v) is 11.0. The van der Waals surface area contributed by atoms with Gasteiger partial charge in [-0.15, -0.1) is 0 Å². The van der Waals surface area contributed by atoms with Crippen LogP contribution in [-0.2, 0) is 20.6 Å². The van der Waals surface area contributed by atoms with Crippen LogP contribution in [0.1, 0.15) is 84.3 Å². The second kappa shape index (κ2) is 11.0. The van der Waals surface area contributed by atoms with Crippen molar-refractivity contribution in [3.05, 3.63) is 35.4 Å². The lowest BCUT2D eigenvalue weighted by Gasteiger charge is -2.41. The number of rotatable bonds is 3. The van der Waals surface area contributed by atoms with E-state index in [9.17, 15) is 9.90 Å². The second-order valence-electron chi connectivity index (χ2n) is 11.0. The van der Waals surface area contributed by atoms with Crippen molar-refractivity contribution < 1.29 is 24.1 Å². The molecule has 1 amide bonds. The van der Waals surface area contributed by atoms with Gasteiger partial charge in [-0.05, 0) is 84.4 Å². The molecule has 3 rings (SSSR count). The van der Waals surface area contributed by atoms with Gasteiger partial charge < -0.3 is 24.6 Å². The minimum Gasteiger partial charge on any atom is -0.444 e. The number of aliphatic hydroxyl groups is 1. The van der Waals surface area contributed by atoms with Crippen molar-refractivity contribution in [2.45, 2.75) is 102 Å². The molecule has 1 aliphatic carbocycles. The number of benzene rings is 1. The fourth-order valence-corrected chi connectivity index (χ4v) is 3.99. The number of carbonyl (C=O) groups is 1. The lowest BCUT2D eigenvalue weighted by molar-refractivity contribution is -0.262. The van der Waals surface area contributed by atoms with Gasteiger partial charge in [0.15, 0.2) is 11.3 Å². The summed E-state index contributed by atoms with van der Waals surface area (Å²) < 4.78 is 17.0. The van der Waals surface area contributed by atoms with Crippen LogP contribution in [0.5, 0.6) is 0 Å². The first-order chi connectivity index (χ1) is 16.4. The number of amides is 1. The summed E-state index contributed by atoms with van der Waals surface area (Å²) in [6.07, 6.45) is 5.83. The Morgan fingerprint density at radius 3 is 2.29 bits per heavy atom. The summed E-state index contributed by atoms with van der Waals surface area (Å²) in [6.45, 7) is 9.48. The van der Waals surface area contributed by atoms with E-state index < -0.39 is 28.6 Å². The summed E-state index contributed by atoms with van der Waals surface area (Å²) in [5.74, 6) is 11.8. The minimum atomic E-state index is -1.01. The van der Waals surface area contributed by atoms with Gasteiger partial charge >= 0.3 is 6.09 Å². The fraction of sp³-hybridized carbons (Fsp3) is 0.621. The monoisotopic (exact) mass is 481 g/mol. The molecule has 0 bridgehead atoms. The van der Waals surface area contributed by atoms with Gasteiger partial charge in [-0.2, -0.15) is 0 Å². The summed E-state index contributed by atoms with van der Waals surface area (Å²) in [5, 5.41) is 13.3. The third kappa shape index (κ3) is 8.89. The average molecular weight is 482 g/mol. The highest BCUT2D eigenvalue weighted by Gasteiger charge is 2.41. The Morgan fingerprint density at radius 2 is 1.69 bits per heavy atom. The molecule has 6 heteroatoms. The molecule has 190 valence electrons. The van der Waals surface area contributed by atoms with Crippen molar-refractivity contribution in [3.8, 4) is 23.7 Å². The van der Waals surface area contributed by atoms with Crippen molar-refractivity contribution in [2.75, 3.05) is 13.2 Å². The smallest absolute Gasteiger partial charge is 0.409 e. The molecule has 0 radical (unpaired) electrons. The molecular formula is C29H39NO5. The Hall–Kier alpha value is -2.51. The van der Waals surface area contributed by atoms with E-state index in [2.05, 4.69) is 29.0 Å². The number of hydrogen-bond acceptors (Lipinski definition) is 5. The van der Waals surface area contributed by atoms with Crippen molar-refractivity contribution in [1.29, 1.82) is 0 Å². The van der Waals surface area contributed by atoms with Crippen LogP contribution >= 0.6 is 0 Å². The zero-order valence-electron chi connectivity index (χ0n) is 21.8. The first-order valence-corrected chi connectivity index (χ1v) is 12.5. The maximum absolute atomic E-state index is 12.5. The van der Waals surface area contributed by atoms with E-state index in [0.29, 0.717) is 6.42 Å². The molecule has 0 atom stereocenters. The number of hydrogen-bond donors (Lipinski definition) is 2. The van der Waals surface area contributed by atoms with Gasteiger partial charge in [0.25, 0.3) is 0 Å². The van der Waals surface area contributed by atoms with Gasteiger partial charge in [0.05, 0.1) is 13.2 Å². The third-order valence-electron chi connectivity index (χ3n) is 6.01. The Kier molecular flexibility index (Phi) is 8.54. The van der Waals surface area contributed by atoms with Crippen LogP contribution in [0.15, 0.2) is 24.3 Å². The highest BCUT2D eigenvalue weighted by molar-refractivity contribution is 5.70. The Morgan fingerprint density at radius 1 is 1.06 bits per heavy atom. The summed E-state index contributed by atoms with van der Waals surface area (Å²) in [4.78, 5) is 12.5. The fourth-order valence-electron chi connectivity index (χ4n) is 3.99. The van der Waals surface area contributed by atoms with Gasteiger partial charge in [0.1, 0.15) is 11.2 Å². The third-order valence-corrected chi connectivity index (χ3v) is 6.01. The van der Waals surface area contributed by atoms with Crippen molar-refractivity contribution in [2.24, 2.45) is 0 Å². The maximum Gasteiger partial charge on any atom is 0.409 e. The van der Waals surface area contributed by atoms with E-state index in [1.54, 1.807) is 0 Å². The Labute approximate surface area is 210 Å². The van der Waals surface area contributed by atoms with Crippen LogP contribution in [0.3, 0.4) is 0 Å². The summed E-state index contributed by atoms with van der Waals surface area (Å²) in [5.41, 5.74) is -0.434. The molecule has 0 aromatic heterocycles. The maximum atomic E-state index is 12.5. The lowest BCUT2D eigenvalue weighted by atomic mass is 9.85. The van der Waals surface area contributed by atoms with Crippen LogP contribution in [0.4, 0.5) is 4.79 Å². The van der Waals surface area contributed by atoms with E-state index >= 15 is 0 Å². The molecule has 2 aliphatic rings. The first-order valence-electron chi connectivity index (χ1n) is 12.5. The quantitative estimate of drug-likeness (QED) is 0.611. The van der Waals surface area contributed by atoms with E-state index in [1.807, 2.05) is 58.9 Å². The van der Waals surface area contributed by atoms with E-state index in [4.69, 9.17) is 14.2 Å². The van der Waals surface area contributed by atoms with E-state index in [1.165, 1.54) is 6.42 Å². The van der Waals surface area contributed by atoms with Gasteiger partial charge in [0, 0.05) is 12.0 Å². The number of ether oxygens (including phenoxy) is 3. The van der Waals surface area contributed by atoms with Crippen LogP contribution in [-0.4, -0.2) is 46.9 Å². The van der Waals surface area contributed by atoms with Crippen molar-refractivity contribution in [1.82, 2.24) is 5.32 Å². The number of alkyl carbamates (subject to hydrolysis) is 1. The van der Waals surface area contributed by atoms with Gasteiger partial charge in [-0.3, -0.25) is 0 Å². The molecule has 1 aromatic rings. The predicted octanol–water partition coefficient (Wildman–Crippen LogP) is 4.72. The lowest BCUT2D eigenvalue weighted by Crippen LogP contribution is -2.60. The molecule has 6 nitrogen and oxygen atoms in total. The molecule has 1 aliphatic heterocycles. The van der Waals surface area contributed by atoms with E-state index in [-0.39, 0.29) is 13.2 Å². The predicted molar refractivity (Wildman–Crippen MR) is 136 cm³/mol. The van der Waals surface area contributed by atoms with Crippen LogP contribution in [0.2, 0.25) is 0 Å². The van der Waals surface area contributed by atoms with Crippen LogP contribution < -0.4 is 5.32 Å². The normalized spacial score (nSPS) is 20.4. The zero-order valence-corrected chi connectivity index (χ0v) is 21.8. The number of carbonyl (C=O) groups excluding carboxylic acids is 1. The molecule has 1 saturated carbocycles. The molecule has 2 fully saturated rings. The van der Waals surface area contributed by atoms with Gasteiger partial charge in [-0.25, -0.2) is 4.79 Å². The van der Waals surface area contributed by atoms with Crippen molar-refractivity contribution in [3.63, 3.8) is 0 Å². The minimum absolute atomic E-state index is 0.190. The molecule has 0 unspecified atom stereocenters. The summed E-state index contributed by atoms with van der Waals surface area (Å²) in [7, 11) is 0. The average Bonchev–Trinajstić information content (AvgIpc) is 2.77. The molecular weight excluding hydrogens is 442 g/mol. The largest absolute Gasteiger partial charge is 0.444 e. The highest BCUT2D eigenvalue weighted by atomic mass is 16.7. The molecule has 0 spiro atoms. The molecule has 2 N–H and O–H groups in total. The first kappa shape index (κ1) is 27.1.